The summed E-state index contributed by atoms with van der Waals surface area (Å²) in [7, 11) is 1.73. The lowest BCUT2D eigenvalue weighted by atomic mass is 10.0. The van der Waals surface area contributed by atoms with Gasteiger partial charge in [-0.25, -0.2) is 0 Å². The SMILES string of the molecule is COc1cc(C)c(/C=C/CCN2CCNCC2)cc1C. The second kappa shape index (κ2) is 7.46. The van der Waals surface area contributed by atoms with Gasteiger partial charge >= 0.3 is 0 Å². The molecule has 3 nitrogen and oxygen atoms in total. The first-order valence-electron chi connectivity index (χ1n) is 7.45. The second-order valence-corrected chi connectivity index (χ2v) is 5.46. The molecule has 0 amide bonds. The number of methoxy groups -OCH3 is 1. The lowest BCUT2D eigenvalue weighted by molar-refractivity contribution is 0.245. The monoisotopic (exact) mass is 274 g/mol. The van der Waals surface area contributed by atoms with Crippen LogP contribution in [0, 0.1) is 13.8 Å². The van der Waals surface area contributed by atoms with Crippen molar-refractivity contribution in [2.24, 2.45) is 0 Å². The summed E-state index contributed by atoms with van der Waals surface area (Å²) in [4.78, 5) is 2.52. The molecule has 0 spiro atoms. The lowest BCUT2D eigenvalue weighted by Crippen LogP contribution is -2.43. The van der Waals surface area contributed by atoms with Crippen LogP contribution >= 0.6 is 0 Å². The molecule has 1 saturated heterocycles. The Morgan fingerprint density at radius 3 is 2.65 bits per heavy atom. The van der Waals surface area contributed by atoms with Crippen molar-refractivity contribution < 1.29 is 4.74 Å². The first-order valence-corrected chi connectivity index (χ1v) is 7.45. The van der Waals surface area contributed by atoms with Gasteiger partial charge in [0.2, 0.25) is 0 Å². The van der Waals surface area contributed by atoms with Crippen molar-refractivity contribution in [2.45, 2.75) is 20.3 Å². The molecule has 1 aromatic carbocycles. The highest BCUT2D eigenvalue weighted by molar-refractivity contribution is 5.57. The highest BCUT2D eigenvalue weighted by Crippen LogP contribution is 2.23. The predicted octanol–water partition coefficient (Wildman–Crippen LogP) is 2.62. The van der Waals surface area contributed by atoms with Crippen LogP contribution in [0.5, 0.6) is 5.75 Å². The van der Waals surface area contributed by atoms with Gasteiger partial charge in [0, 0.05) is 32.7 Å². The Kier molecular flexibility index (Phi) is 5.62. The number of piperazine rings is 1. The Morgan fingerprint density at radius 1 is 1.20 bits per heavy atom. The molecule has 3 heteroatoms. The maximum atomic E-state index is 5.35. The number of hydrogen-bond acceptors (Lipinski definition) is 3. The van der Waals surface area contributed by atoms with Crippen molar-refractivity contribution >= 4 is 6.08 Å². The van der Waals surface area contributed by atoms with Crippen LogP contribution in [0.15, 0.2) is 18.2 Å². The summed E-state index contributed by atoms with van der Waals surface area (Å²) in [5, 5.41) is 3.38. The van der Waals surface area contributed by atoms with Gasteiger partial charge in [-0.1, -0.05) is 12.2 Å². The molecule has 0 bridgehead atoms. The predicted molar refractivity (Wildman–Crippen MR) is 85.4 cm³/mol. The zero-order valence-electron chi connectivity index (χ0n) is 12.9. The molecule has 0 saturated carbocycles. The molecular weight excluding hydrogens is 248 g/mol. The molecule has 1 aliphatic heterocycles. The molecule has 2 rings (SSSR count). The fourth-order valence-corrected chi connectivity index (χ4v) is 2.61. The molecule has 1 aliphatic rings. The Hall–Kier alpha value is -1.32. The molecule has 0 radical (unpaired) electrons. The van der Waals surface area contributed by atoms with E-state index in [9.17, 15) is 0 Å². The van der Waals surface area contributed by atoms with Crippen molar-refractivity contribution in [1.29, 1.82) is 0 Å². The van der Waals surface area contributed by atoms with Crippen LogP contribution in [0.2, 0.25) is 0 Å². The van der Waals surface area contributed by atoms with E-state index in [0.29, 0.717) is 0 Å². The number of benzene rings is 1. The van der Waals surface area contributed by atoms with E-state index in [0.717, 1.165) is 31.8 Å². The quantitative estimate of drug-likeness (QED) is 0.893. The van der Waals surface area contributed by atoms with Crippen LogP contribution in [0.4, 0.5) is 0 Å². The summed E-state index contributed by atoms with van der Waals surface area (Å²) in [5.41, 5.74) is 3.76. The van der Waals surface area contributed by atoms with Crippen LogP contribution in [0.1, 0.15) is 23.1 Å². The smallest absolute Gasteiger partial charge is 0.122 e. The Morgan fingerprint density at radius 2 is 1.95 bits per heavy atom. The average molecular weight is 274 g/mol. The molecule has 1 heterocycles. The van der Waals surface area contributed by atoms with Crippen molar-refractivity contribution in [1.82, 2.24) is 10.2 Å². The number of rotatable bonds is 5. The Bertz CT molecular complexity index is 462. The van der Waals surface area contributed by atoms with Crippen LogP contribution in [-0.4, -0.2) is 44.7 Å². The molecular formula is C17H26N2O. The molecule has 1 aromatic rings. The molecule has 0 aromatic heterocycles. The van der Waals surface area contributed by atoms with E-state index < -0.39 is 0 Å². The van der Waals surface area contributed by atoms with Crippen molar-refractivity contribution in [3.8, 4) is 5.75 Å². The Labute approximate surface area is 122 Å². The fraction of sp³-hybridized carbons (Fsp3) is 0.529. The minimum atomic E-state index is 0.973. The standard InChI is InChI=1S/C17H26N2O/c1-14-13-17(20-3)15(2)12-16(14)6-4-5-9-19-10-7-18-8-11-19/h4,6,12-13,18H,5,7-11H2,1-3H3/b6-4+. The van der Waals surface area contributed by atoms with E-state index in [1.54, 1.807) is 7.11 Å². The van der Waals surface area contributed by atoms with Gasteiger partial charge in [-0.2, -0.15) is 0 Å². The van der Waals surface area contributed by atoms with Crippen molar-refractivity contribution in [3.63, 3.8) is 0 Å². The molecule has 0 aliphatic carbocycles. The largest absolute Gasteiger partial charge is 0.496 e. The third-order valence-corrected chi connectivity index (χ3v) is 3.90. The number of ether oxygens (including phenoxy) is 1. The molecule has 20 heavy (non-hydrogen) atoms. The van der Waals surface area contributed by atoms with Gasteiger partial charge in [-0.15, -0.1) is 0 Å². The van der Waals surface area contributed by atoms with Crippen LogP contribution < -0.4 is 10.1 Å². The van der Waals surface area contributed by atoms with Gasteiger partial charge in [0.05, 0.1) is 7.11 Å². The first-order chi connectivity index (χ1) is 9.70. The third-order valence-electron chi connectivity index (χ3n) is 3.90. The van der Waals surface area contributed by atoms with Crippen LogP contribution in [0.3, 0.4) is 0 Å². The molecule has 0 atom stereocenters. The minimum Gasteiger partial charge on any atom is -0.496 e. The normalized spacial score (nSPS) is 16.8. The van der Waals surface area contributed by atoms with Gasteiger partial charge < -0.3 is 15.0 Å². The number of aryl methyl sites for hydroxylation is 2. The molecule has 1 N–H and O–H groups in total. The summed E-state index contributed by atoms with van der Waals surface area (Å²) in [6.45, 7) is 9.99. The van der Waals surface area contributed by atoms with E-state index in [4.69, 9.17) is 4.74 Å². The molecule has 110 valence electrons. The summed E-state index contributed by atoms with van der Waals surface area (Å²) < 4.78 is 5.35. The highest BCUT2D eigenvalue weighted by Gasteiger charge is 2.07. The lowest BCUT2D eigenvalue weighted by Gasteiger charge is -2.26. The topological polar surface area (TPSA) is 24.5 Å². The second-order valence-electron chi connectivity index (χ2n) is 5.46. The van der Waals surface area contributed by atoms with Gasteiger partial charge in [-0.05, 0) is 49.1 Å². The first kappa shape index (κ1) is 15.1. The van der Waals surface area contributed by atoms with E-state index in [1.807, 2.05) is 0 Å². The Balaban J connectivity index is 1.89. The van der Waals surface area contributed by atoms with E-state index in [-0.39, 0.29) is 0 Å². The van der Waals surface area contributed by atoms with Gasteiger partial charge in [-0.3, -0.25) is 0 Å². The summed E-state index contributed by atoms with van der Waals surface area (Å²) in [5.74, 6) is 0.973. The maximum absolute atomic E-state index is 5.35. The van der Waals surface area contributed by atoms with Crippen LogP contribution in [0.25, 0.3) is 6.08 Å². The minimum absolute atomic E-state index is 0.973. The number of nitrogens with zero attached hydrogens (tertiary/aromatic N) is 1. The van der Waals surface area contributed by atoms with Gasteiger partial charge in [0.1, 0.15) is 5.75 Å². The average Bonchev–Trinajstić information content (AvgIpc) is 2.47. The summed E-state index contributed by atoms with van der Waals surface area (Å²) >= 11 is 0. The molecule has 0 unspecified atom stereocenters. The number of hydrogen-bond donors (Lipinski definition) is 1. The van der Waals surface area contributed by atoms with Crippen LogP contribution in [-0.2, 0) is 0 Å². The zero-order chi connectivity index (χ0) is 14.4. The third kappa shape index (κ3) is 4.09. The van der Waals surface area contributed by atoms with Crippen molar-refractivity contribution in [2.75, 3.05) is 39.8 Å². The van der Waals surface area contributed by atoms with E-state index in [1.165, 1.54) is 29.8 Å². The maximum Gasteiger partial charge on any atom is 0.122 e. The fourth-order valence-electron chi connectivity index (χ4n) is 2.61. The summed E-state index contributed by atoms with van der Waals surface area (Å²) in [6.07, 6.45) is 5.64. The zero-order valence-corrected chi connectivity index (χ0v) is 12.9. The number of nitrogens with one attached hydrogen (secondary N) is 1. The molecule has 1 fully saturated rings. The summed E-state index contributed by atoms with van der Waals surface area (Å²) in [6, 6.07) is 4.32. The van der Waals surface area contributed by atoms with E-state index in [2.05, 4.69) is 48.3 Å². The van der Waals surface area contributed by atoms with E-state index >= 15 is 0 Å². The highest BCUT2D eigenvalue weighted by atomic mass is 16.5. The van der Waals surface area contributed by atoms with Gasteiger partial charge in [0.25, 0.3) is 0 Å². The van der Waals surface area contributed by atoms with Gasteiger partial charge in [0.15, 0.2) is 0 Å². The van der Waals surface area contributed by atoms with Crippen molar-refractivity contribution in [3.05, 3.63) is 34.9 Å².